The second-order valence-corrected chi connectivity index (χ2v) is 6.34. The van der Waals surface area contributed by atoms with Gasteiger partial charge in [0.05, 0.1) is 39.2 Å². The Morgan fingerprint density at radius 2 is 1.71 bits per heavy atom. The lowest BCUT2D eigenvalue weighted by atomic mass is 10.2. The highest BCUT2D eigenvalue weighted by atomic mass is 35.5. The number of nitrogens with zero attached hydrogens (tertiary/aromatic N) is 1. The highest BCUT2D eigenvalue weighted by molar-refractivity contribution is 6.32. The molecule has 0 aliphatic carbocycles. The first-order chi connectivity index (χ1) is 14.9. The number of methoxy groups -OCH3 is 3. The average Bonchev–Trinajstić information content (AvgIpc) is 2.77. The third kappa shape index (κ3) is 6.78. The SMILES string of the molecule is CCOc1cc(/C=N\NC(=O)c2cc(OC)cc(OC)c2)cc(Cl)c1OCC(=O)OC. The Kier molecular flexibility index (Phi) is 8.95. The van der Waals surface area contributed by atoms with Crippen molar-refractivity contribution in [2.75, 3.05) is 34.5 Å². The van der Waals surface area contributed by atoms with Crippen molar-refractivity contribution in [1.82, 2.24) is 5.43 Å². The quantitative estimate of drug-likeness (QED) is 0.337. The summed E-state index contributed by atoms with van der Waals surface area (Å²) in [4.78, 5) is 23.7. The Balaban J connectivity index is 2.16. The van der Waals surface area contributed by atoms with Gasteiger partial charge in [0, 0.05) is 11.6 Å². The van der Waals surface area contributed by atoms with Gasteiger partial charge >= 0.3 is 5.97 Å². The van der Waals surface area contributed by atoms with Crippen LogP contribution in [0.25, 0.3) is 0 Å². The summed E-state index contributed by atoms with van der Waals surface area (Å²) in [5.41, 5.74) is 3.28. The van der Waals surface area contributed by atoms with Gasteiger partial charge < -0.3 is 23.7 Å². The fraction of sp³-hybridized carbons (Fsp3) is 0.286. The minimum Gasteiger partial charge on any atom is -0.497 e. The first-order valence-corrected chi connectivity index (χ1v) is 9.52. The van der Waals surface area contributed by atoms with Crippen molar-refractivity contribution >= 4 is 29.7 Å². The van der Waals surface area contributed by atoms with E-state index in [1.54, 1.807) is 37.3 Å². The second-order valence-electron chi connectivity index (χ2n) is 5.93. The number of halogens is 1. The summed E-state index contributed by atoms with van der Waals surface area (Å²) in [6, 6.07) is 7.95. The van der Waals surface area contributed by atoms with Crippen LogP contribution in [0.1, 0.15) is 22.8 Å². The maximum atomic E-state index is 12.4. The number of hydrogen-bond acceptors (Lipinski definition) is 8. The Morgan fingerprint density at radius 3 is 2.29 bits per heavy atom. The third-order valence-electron chi connectivity index (χ3n) is 3.89. The van der Waals surface area contributed by atoms with E-state index in [-0.39, 0.29) is 17.4 Å². The van der Waals surface area contributed by atoms with E-state index in [9.17, 15) is 9.59 Å². The van der Waals surface area contributed by atoms with Crippen molar-refractivity contribution in [2.24, 2.45) is 5.10 Å². The predicted octanol–water partition coefficient (Wildman–Crippen LogP) is 3.07. The van der Waals surface area contributed by atoms with Gasteiger partial charge in [-0.1, -0.05) is 11.6 Å². The molecular formula is C21H23ClN2O7. The number of benzene rings is 2. The second kappa shape index (κ2) is 11.7. The molecule has 10 heteroatoms. The molecule has 0 aromatic heterocycles. The molecule has 31 heavy (non-hydrogen) atoms. The number of rotatable bonds is 10. The van der Waals surface area contributed by atoms with Crippen molar-refractivity contribution in [1.29, 1.82) is 0 Å². The van der Waals surface area contributed by atoms with Gasteiger partial charge in [-0.15, -0.1) is 0 Å². The molecule has 2 rings (SSSR count). The Morgan fingerprint density at radius 1 is 1.03 bits per heavy atom. The fourth-order valence-electron chi connectivity index (χ4n) is 2.42. The molecular weight excluding hydrogens is 428 g/mol. The van der Waals surface area contributed by atoms with Crippen LogP contribution >= 0.6 is 11.6 Å². The van der Waals surface area contributed by atoms with Crippen LogP contribution in [0.3, 0.4) is 0 Å². The summed E-state index contributed by atoms with van der Waals surface area (Å²) in [7, 11) is 4.24. The minimum absolute atomic E-state index is 0.207. The maximum Gasteiger partial charge on any atom is 0.343 e. The standard InChI is InChI=1S/C21H23ClN2O7/c1-5-30-18-7-13(6-17(22)20(18)31-12-19(25)29-4)11-23-24-21(26)14-8-15(27-2)10-16(9-14)28-3/h6-11H,5,12H2,1-4H3,(H,24,26)/b23-11-. The smallest absolute Gasteiger partial charge is 0.343 e. The molecule has 0 heterocycles. The van der Waals surface area contributed by atoms with Crippen LogP contribution < -0.4 is 24.4 Å². The van der Waals surface area contributed by atoms with Crippen molar-refractivity contribution in [3.63, 3.8) is 0 Å². The summed E-state index contributed by atoms with van der Waals surface area (Å²) in [6.07, 6.45) is 1.40. The van der Waals surface area contributed by atoms with Gasteiger partial charge in [-0.25, -0.2) is 10.2 Å². The van der Waals surface area contributed by atoms with E-state index in [0.717, 1.165) is 0 Å². The summed E-state index contributed by atoms with van der Waals surface area (Å²) in [5.74, 6) is 0.472. The summed E-state index contributed by atoms with van der Waals surface area (Å²) in [5, 5.41) is 4.16. The van der Waals surface area contributed by atoms with E-state index >= 15 is 0 Å². The van der Waals surface area contributed by atoms with Gasteiger partial charge in [-0.2, -0.15) is 5.10 Å². The van der Waals surface area contributed by atoms with E-state index in [1.165, 1.54) is 27.5 Å². The molecule has 0 unspecified atom stereocenters. The molecule has 0 fully saturated rings. The van der Waals surface area contributed by atoms with Crippen molar-refractivity contribution in [3.05, 3.63) is 46.5 Å². The van der Waals surface area contributed by atoms with E-state index in [4.69, 9.17) is 30.5 Å². The van der Waals surface area contributed by atoms with Gasteiger partial charge in [0.25, 0.3) is 5.91 Å². The Labute approximate surface area is 184 Å². The van der Waals surface area contributed by atoms with Crippen molar-refractivity contribution < 1.29 is 33.3 Å². The van der Waals surface area contributed by atoms with Crippen LogP contribution in [0, 0.1) is 0 Å². The van der Waals surface area contributed by atoms with Crippen molar-refractivity contribution in [2.45, 2.75) is 6.92 Å². The predicted molar refractivity (Wildman–Crippen MR) is 115 cm³/mol. The number of hydrazone groups is 1. The first-order valence-electron chi connectivity index (χ1n) is 9.14. The Hall–Kier alpha value is -3.46. The molecule has 0 saturated carbocycles. The Bertz CT molecular complexity index is 941. The third-order valence-corrected chi connectivity index (χ3v) is 4.17. The molecule has 1 amide bonds. The fourth-order valence-corrected chi connectivity index (χ4v) is 2.70. The topological polar surface area (TPSA) is 105 Å². The van der Waals surface area contributed by atoms with Gasteiger partial charge in [-0.3, -0.25) is 4.79 Å². The zero-order valence-electron chi connectivity index (χ0n) is 17.6. The summed E-state index contributed by atoms with van der Waals surface area (Å²) < 4.78 is 25.8. The van der Waals surface area contributed by atoms with Crippen LogP contribution in [-0.4, -0.2) is 52.6 Å². The molecule has 0 aliphatic heterocycles. The molecule has 9 nitrogen and oxygen atoms in total. The van der Waals surface area contributed by atoms with Gasteiger partial charge in [-0.05, 0) is 36.8 Å². The summed E-state index contributed by atoms with van der Waals surface area (Å²) >= 11 is 6.27. The lowest BCUT2D eigenvalue weighted by molar-refractivity contribution is -0.142. The number of carbonyl (C=O) groups is 2. The lowest BCUT2D eigenvalue weighted by Crippen LogP contribution is -2.17. The normalized spacial score (nSPS) is 10.5. The minimum atomic E-state index is -0.555. The zero-order valence-corrected chi connectivity index (χ0v) is 18.3. The average molecular weight is 451 g/mol. The summed E-state index contributed by atoms with van der Waals surface area (Å²) in [6.45, 7) is 1.82. The first kappa shape index (κ1) is 23.8. The van der Waals surface area contributed by atoms with E-state index in [2.05, 4.69) is 15.3 Å². The van der Waals surface area contributed by atoms with Crippen LogP contribution in [0.4, 0.5) is 0 Å². The number of carbonyl (C=O) groups excluding carboxylic acids is 2. The molecule has 0 bridgehead atoms. The monoisotopic (exact) mass is 450 g/mol. The van der Waals surface area contributed by atoms with Crippen LogP contribution in [0.2, 0.25) is 5.02 Å². The van der Waals surface area contributed by atoms with Crippen LogP contribution in [0.15, 0.2) is 35.4 Å². The van der Waals surface area contributed by atoms with Gasteiger partial charge in [0.2, 0.25) is 0 Å². The number of nitrogens with one attached hydrogen (secondary N) is 1. The maximum absolute atomic E-state index is 12.4. The molecule has 0 saturated heterocycles. The van der Waals surface area contributed by atoms with E-state index < -0.39 is 11.9 Å². The largest absolute Gasteiger partial charge is 0.497 e. The molecule has 2 aromatic rings. The van der Waals surface area contributed by atoms with Crippen molar-refractivity contribution in [3.8, 4) is 23.0 Å². The van der Waals surface area contributed by atoms with Gasteiger partial charge in [0.15, 0.2) is 18.1 Å². The van der Waals surface area contributed by atoms with Crippen LogP contribution in [-0.2, 0) is 9.53 Å². The van der Waals surface area contributed by atoms with E-state index in [1.807, 2.05) is 0 Å². The molecule has 166 valence electrons. The lowest BCUT2D eigenvalue weighted by Gasteiger charge is -2.13. The number of amides is 1. The van der Waals surface area contributed by atoms with Crippen LogP contribution in [0.5, 0.6) is 23.0 Å². The highest BCUT2D eigenvalue weighted by Gasteiger charge is 2.14. The molecule has 1 N–H and O–H groups in total. The van der Waals surface area contributed by atoms with E-state index in [0.29, 0.717) is 35.0 Å². The van der Waals surface area contributed by atoms with Gasteiger partial charge in [0.1, 0.15) is 11.5 Å². The molecule has 0 spiro atoms. The zero-order chi connectivity index (χ0) is 22.8. The molecule has 2 aromatic carbocycles. The molecule has 0 radical (unpaired) electrons. The molecule has 0 atom stereocenters. The highest BCUT2D eigenvalue weighted by Crippen LogP contribution is 2.36. The number of ether oxygens (including phenoxy) is 5. The number of esters is 1. The molecule has 0 aliphatic rings. The number of hydrogen-bond donors (Lipinski definition) is 1.